The fourth-order valence-electron chi connectivity index (χ4n) is 3.14. The molecule has 1 amide bonds. The number of carboxylic acid groups (broad SMARTS) is 1. The van der Waals surface area contributed by atoms with Gasteiger partial charge in [-0.25, -0.2) is 9.59 Å². The number of nitrogens with zero attached hydrogens (tertiary/aromatic N) is 2. The van der Waals surface area contributed by atoms with Gasteiger partial charge in [0, 0.05) is 32.3 Å². The van der Waals surface area contributed by atoms with Gasteiger partial charge in [-0.05, 0) is 31.2 Å². The normalized spacial score (nSPS) is 27.4. The molecule has 20 heavy (non-hydrogen) atoms. The second-order valence-electron chi connectivity index (χ2n) is 5.51. The minimum absolute atomic E-state index is 0.338. The number of rotatable bonds is 3. The van der Waals surface area contributed by atoms with Gasteiger partial charge < -0.3 is 14.7 Å². The molecule has 2 unspecified atom stereocenters. The van der Waals surface area contributed by atoms with Crippen LogP contribution in [0.15, 0.2) is 12.2 Å². The average Bonchev–Trinajstić information content (AvgIpc) is 2.46. The highest BCUT2D eigenvalue weighted by Gasteiger charge is 2.35. The van der Waals surface area contributed by atoms with Gasteiger partial charge in [-0.1, -0.05) is 6.08 Å². The SMILES string of the molecule is COC(=O)/C=C/CN1CCC2CCN(C(=O)O)CC2C1. The Hall–Kier alpha value is -1.56. The van der Waals surface area contributed by atoms with Crippen molar-refractivity contribution in [3.05, 3.63) is 12.2 Å². The van der Waals surface area contributed by atoms with E-state index in [0.29, 0.717) is 31.5 Å². The summed E-state index contributed by atoms with van der Waals surface area (Å²) < 4.78 is 4.55. The fourth-order valence-corrected chi connectivity index (χ4v) is 3.14. The van der Waals surface area contributed by atoms with Crippen molar-refractivity contribution >= 4 is 12.1 Å². The summed E-state index contributed by atoms with van der Waals surface area (Å²) in [6, 6.07) is 0. The van der Waals surface area contributed by atoms with Gasteiger partial charge in [-0.3, -0.25) is 4.90 Å². The van der Waals surface area contributed by atoms with Gasteiger partial charge in [0.2, 0.25) is 0 Å². The first-order chi connectivity index (χ1) is 9.60. The maximum Gasteiger partial charge on any atom is 0.407 e. The summed E-state index contributed by atoms with van der Waals surface area (Å²) in [5, 5.41) is 9.07. The molecule has 0 saturated carbocycles. The predicted octanol–water partition coefficient (Wildman–Crippen LogP) is 1.04. The van der Waals surface area contributed by atoms with Crippen LogP contribution in [0.1, 0.15) is 12.8 Å². The van der Waals surface area contributed by atoms with Crippen molar-refractivity contribution in [3.8, 4) is 0 Å². The average molecular weight is 282 g/mol. The Kier molecular flexibility index (Phi) is 5.00. The van der Waals surface area contributed by atoms with Crippen molar-refractivity contribution in [2.24, 2.45) is 11.8 Å². The molecular weight excluding hydrogens is 260 g/mol. The van der Waals surface area contributed by atoms with E-state index in [9.17, 15) is 9.59 Å². The van der Waals surface area contributed by atoms with Crippen LogP contribution >= 0.6 is 0 Å². The van der Waals surface area contributed by atoms with E-state index in [4.69, 9.17) is 5.11 Å². The Labute approximate surface area is 119 Å². The molecule has 112 valence electrons. The molecule has 0 spiro atoms. The van der Waals surface area contributed by atoms with Crippen LogP contribution in [-0.4, -0.2) is 66.8 Å². The second kappa shape index (κ2) is 6.74. The second-order valence-corrected chi connectivity index (χ2v) is 5.51. The zero-order chi connectivity index (χ0) is 14.5. The number of ether oxygens (including phenoxy) is 1. The molecular formula is C14H22N2O4. The minimum Gasteiger partial charge on any atom is -0.466 e. The first-order valence-electron chi connectivity index (χ1n) is 7.05. The smallest absolute Gasteiger partial charge is 0.407 e. The molecule has 2 atom stereocenters. The topological polar surface area (TPSA) is 70.1 Å². The lowest BCUT2D eigenvalue weighted by Gasteiger charge is -2.44. The van der Waals surface area contributed by atoms with E-state index < -0.39 is 6.09 Å². The van der Waals surface area contributed by atoms with Crippen LogP contribution in [0.25, 0.3) is 0 Å². The van der Waals surface area contributed by atoms with Crippen LogP contribution in [0, 0.1) is 11.8 Å². The van der Waals surface area contributed by atoms with Crippen LogP contribution in [0.3, 0.4) is 0 Å². The number of carbonyl (C=O) groups excluding carboxylic acids is 1. The number of likely N-dealkylation sites (tertiary alicyclic amines) is 2. The van der Waals surface area contributed by atoms with Crippen LogP contribution < -0.4 is 0 Å². The van der Waals surface area contributed by atoms with Gasteiger partial charge >= 0.3 is 12.1 Å². The van der Waals surface area contributed by atoms with Crippen LogP contribution in [0.5, 0.6) is 0 Å². The van der Waals surface area contributed by atoms with E-state index in [2.05, 4.69) is 9.64 Å². The largest absolute Gasteiger partial charge is 0.466 e. The van der Waals surface area contributed by atoms with Crippen molar-refractivity contribution < 1.29 is 19.4 Å². The molecule has 0 radical (unpaired) electrons. The third-order valence-corrected chi connectivity index (χ3v) is 4.29. The lowest BCUT2D eigenvalue weighted by atomic mass is 9.80. The summed E-state index contributed by atoms with van der Waals surface area (Å²) in [6.07, 6.45) is 4.53. The van der Waals surface area contributed by atoms with Crippen LogP contribution in [0.2, 0.25) is 0 Å². The number of carbonyl (C=O) groups is 2. The van der Waals surface area contributed by atoms with Crippen LogP contribution in [-0.2, 0) is 9.53 Å². The number of hydrogen-bond acceptors (Lipinski definition) is 4. The fraction of sp³-hybridized carbons (Fsp3) is 0.714. The van der Waals surface area contributed by atoms with Crippen molar-refractivity contribution in [2.45, 2.75) is 12.8 Å². The summed E-state index contributed by atoms with van der Waals surface area (Å²) in [6.45, 7) is 3.93. The maximum absolute atomic E-state index is 11.0. The van der Waals surface area contributed by atoms with Crippen molar-refractivity contribution in [1.82, 2.24) is 9.80 Å². The van der Waals surface area contributed by atoms with E-state index in [-0.39, 0.29) is 5.97 Å². The van der Waals surface area contributed by atoms with E-state index in [0.717, 1.165) is 25.9 Å². The Morgan fingerprint density at radius 1 is 1.25 bits per heavy atom. The van der Waals surface area contributed by atoms with Crippen molar-refractivity contribution in [1.29, 1.82) is 0 Å². The first kappa shape index (κ1) is 14.8. The molecule has 0 aliphatic carbocycles. The Morgan fingerprint density at radius 3 is 2.70 bits per heavy atom. The van der Waals surface area contributed by atoms with E-state index in [1.807, 2.05) is 6.08 Å². The van der Waals surface area contributed by atoms with Crippen molar-refractivity contribution in [3.63, 3.8) is 0 Å². The molecule has 2 aliphatic rings. The number of esters is 1. The molecule has 1 N–H and O–H groups in total. The number of amides is 1. The quantitative estimate of drug-likeness (QED) is 0.618. The summed E-state index contributed by atoms with van der Waals surface area (Å²) in [5.74, 6) is 0.723. The van der Waals surface area contributed by atoms with Gasteiger partial charge in [0.25, 0.3) is 0 Å². The highest BCUT2D eigenvalue weighted by atomic mass is 16.5. The summed E-state index contributed by atoms with van der Waals surface area (Å²) in [5.41, 5.74) is 0. The van der Waals surface area contributed by atoms with E-state index >= 15 is 0 Å². The number of methoxy groups -OCH3 is 1. The first-order valence-corrected chi connectivity index (χ1v) is 7.05. The molecule has 2 saturated heterocycles. The number of piperidine rings is 2. The van der Waals surface area contributed by atoms with Crippen molar-refractivity contribution in [2.75, 3.05) is 39.8 Å². The Bertz CT molecular complexity index is 397. The van der Waals surface area contributed by atoms with Gasteiger partial charge in [0.1, 0.15) is 0 Å². The Balaban J connectivity index is 1.83. The molecule has 2 rings (SSSR count). The third-order valence-electron chi connectivity index (χ3n) is 4.29. The molecule has 6 nitrogen and oxygen atoms in total. The van der Waals surface area contributed by atoms with E-state index in [1.165, 1.54) is 18.1 Å². The predicted molar refractivity (Wildman–Crippen MR) is 73.4 cm³/mol. The summed E-state index contributed by atoms with van der Waals surface area (Å²) in [7, 11) is 1.36. The molecule has 0 aromatic rings. The summed E-state index contributed by atoms with van der Waals surface area (Å²) in [4.78, 5) is 25.8. The number of hydrogen-bond donors (Lipinski definition) is 1. The van der Waals surface area contributed by atoms with Gasteiger partial charge in [-0.15, -0.1) is 0 Å². The molecule has 0 aromatic carbocycles. The van der Waals surface area contributed by atoms with Crippen LogP contribution in [0.4, 0.5) is 4.79 Å². The Morgan fingerprint density at radius 2 is 2.00 bits per heavy atom. The zero-order valence-corrected chi connectivity index (χ0v) is 11.8. The van der Waals surface area contributed by atoms with Gasteiger partial charge in [-0.2, -0.15) is 0 Å². The molecule has 2 heterocycles. The highest BCUT2D eigenvalue weighted by Crippen LogP contribution is 2.31. The molecule has 0 bridgehead atoms. The van der Waals surface area contributed by atoms with Gasteiger partial charge in [0.05, 0.1) is 7.11 Å². The lowest BCUT2D eigenvalue weighted by molar-refractivity contribution is -0.134. The third kappa shape index (κ3) is 3.72. The molecule has 2 aliphatic heterocycles. The van der Waals surface area contributed by atoms with E-state index in [1.54, 1.807) is 0 Å². The highest BCUT2D eigenvalue weighted by molar-refractivity contribution is 5.81. The molecule has 0 aromatic heterocycles. The lowest BCUT2D eigenvalue weighted by Crippen LogP contribution is -2.51. The monoisotopic (exact) mass is 282 g/mol. The minimum atomic E-state index is -0.814. The zero-order valence-electron chi connectivity index (χ0n) is 11.8. The number of fused-ring (bicyclic) bond motifs is 1. The van der Waals surface area contributed by atoms with Gasteiger partial charge in [0.15, 0.2) is 0 Å². The summed E-state index contributed by atoms with van der Waals surface area (Å²) >= 11 is 0. The standard InChI is InChI=1S/C14H22N2O4/c1-20-13(17)3-2-6-15-7-4-11-5-8-16(14(18)19)10-12(11)9-15/h2-3,11-12H,4-10H2,1H3,(H,18,19)/b3-2+. The maximum atomic E-state index is 11.0. The molecule has 6 heteroatoms. The molecule has 2 fully saturated rings.